The van der Waals surface area contributed by atoms with Crippen LogP contribution in [0, 0.1) is 0 Å². The Hall–Kier alpha value is -1.89. The van der Waals surface area contributed by atoms with E-state index in [1.54, 1.807) is 0 Å². The van der Waals surface area contributed by atoms with Crippen molar-refractivity contribution >= 4 is 27.3 Å². The number of amides is 1. The fourth-order valence-corrected chi connectivity index (χ4v) is 4.04. The highest BCUT2D eigenvalue weighted by Crippen LogP contribution is 2.21. The lowest BCUT2D eigenvalue weighted by molar-refractivity contribution is 0.0913. The van der Waals surface area contributed by atoms with Gasteiger partial charge in [-0.3, -0.25) is 4.79 Å². The highest BCUT2D eigenvalue weighted by Gasteiger charge is 2.23. The fraction of sp³-hybridized carbons (Fsp3) is 0.350. The van der Waals surface area contributed by atoms with E-state index in [-0.39, 0.29) is 23.2 Å². The van der Waals surface area contributed by atoms with Gasteiger partial charge in [0.2, 0.25) is 0 Å². The van der Waals surface area contributed by atoms with E-state index in [0.29, 0.717) is 17.0 Å². The van der Waals surface area contributed by atoms with Crippen molar-refractivity contribution in [1.29, 1.82) is 0 Å². The summed E-state index contributed by atoms with van der Waals surface area (Å²) in [6.45, 7) is 3.95. The van der Waals surface area contributed by atoms with Gasteiger partial charge in [-0.1, -0.05) is 29.8 Å². The third-order valence-corrected chi connectivity index (χ3v) is 6.14. The number of carbonyl (C=O) groups excluding carboxylic acids is 1. The van der Waals surface area contributed by atoms with Gasteiger partial charge >= 0.3 is 0 Å². The van der Waals surface area contributed by atoms with Crippen LogP contribution in [0.5, 0.6) is 0 Å². The second kappa shape index (κ2) is 8.87. The van der Waals surface area contributed by atoms with Gasteiger partial charge in [0.1, 0.15) is 0 Å². The summed E-state index contributed by atoms with van der Waals surface area (Å²) in [5, 5.41) is 3.63. The molecule has 5 nitrogen and oxygen atoms in total. The molecule has 0 atom stereocenters. The molecular weight excluding hydrogens is 386 g/mol. The van der Waals surface area contributed by atoms with Crippen LogP contribution in [0.1, 0.15) is 29.8 Å². The summed E-state index contributed by atoms with van der Waals surface area (Å²) in [6, 6.07) is 13.4. The minimum absolute atomic E-state index is 0.0973. The van der Waals surface area contributed by atoms with E-state index in [4.69, 9.17) is 16.3 Å². The lowest BCUT2D eigenvalue weighted by Gasteiger charge is -2.27. The summed E-state index contributed by atoms with van der Waals surface area (Å²) >= 11 is 6.20. The molecule has 0 fully saturated rings. The Labute approximate surface area is 165 Å². The molecule has 1 N–H and O–H groups in total. The quantitative estimate of drug-likeness (QED) is 0.724. The zero-order chi connectivity index (χ0) is 20.1. The van der Waals surface area contributed by atoms with Gasteiger partial charge in [-0.2, -0.15) is 0 Å². The predicted molar refractivity (Wildman–Crippen MR) is 107 cm³/mol. The second-order valence-electron chi connectivity index (χ2n) is 6.94. The van der Waals surface area contributed by atoms with Gasteiger partial charge in [0.05, 0.1) is 17.3 Å². The van der Waals surface area contributed by atoms with Crippen LogP contribution in [0.15, 0.2) is 53.4 Å². The molecule has 0 saturated carbocycles. The molecule has 0 aromatic heterocycles. The maximum absolute atomic E-state index is 12.6. The van der Waals surface area contributed by atoms with Crippen LogP contribution >= 0.6 is 11.6 Å². The lowest BCUT2D eigenvalue weighted by Crippen LogP contribution is -2.45. The monoisotopic (exact) mass is 409 g/mol. The molecule has 7 heteroatoms. The van der Waals surface area contributed by atoms with Gasteiger partial charge in [-0.25, -0.2) is 8.42 Å². The number of methoxy groups -OCH3 is 1. The van der Waals surface area contributed by atoms with Crippen LogP contribution in [0.25, 0.3) is 0 Å². The van der Waals surface area contributed by atoms with E-state index in [0.717, 1.165) is 5.56 Å². The van der Waals surface area contributed by atoms with Crippen molar-refractivity contribution in [3.63, 3.8) is 0 Å². The Morgan fingerprint density at radius 2 is 1.74 bits per heavy atom. The highest BCUT2D eigenvalue weighted by molar-refractivity contribution is 7.91. The van der Waals surface area contributed by atoms with Gasteiger partial charge < -0.3 is 10.1 Å². The van der Waals surface area contributed by atoms with E-state index in [2.05, 4.69) is 5.32 Å². The van der Waals surface area contributed by atoms with Crippen molar-refractivity contribution in [3.05, 3.63) is 64.7 Å². The van der Waals surface area contributed by atoms with Crippen molar-refractivity contribution in [3.8, 4) is 0 Å². The molecule has 27 heavy (non-hydrogen) atoms. The molecule has 2 rings (SSSR count). The lowest BCUT2D eigenvalue weighted by atomic mass is 9.94. The van der Waals surface area contributed by atoms with Crippen LogP contribution in [0.3, 0.4) is 0 Å². The highest BCUT2D eigenvalue weighted by atomic mass is 35.5. The third-order valence-electron chi connectivity index (χ3n) is 4.07. The van der Waals surface area contributed by atoms with Crippen molar-refractivity contribution in [2.45, 2.75) is 30.7 Å². The van der Waals surface area contributed by atoms with Crippen molar-refractivity contribution in [1.82, 2.24) is 5.32 Å². The maximum Gasteiger partial charge on any atom is 0.251 e. The SMILES string of the molecule is COCCS(=O)(=O)c1ccc(C(=O)NC(C)(C)Cc2ccccc2Cl)cc1. The molecule has 0 radical (unpaired) electrons. The first-order valence-electron chi connectivity index (χ1n) is 8.52. The number of nitrogens with one attached hydrogen (secondary N) is 1. The molecule has 146 valence electrons. The normalized spacial score (nSPS) is 12.0. The molecule has 0 bridgehead atoms. The van der Waals surface area contributed by atoms with Crippen molar-refractivity contribution in [2.24, 2.45) is 0 Å². The standard InChI is InChI=1S/C20H24ClNO4S/c1-20(2,14-16-6-4-5-7-18(16)21)22-19(23)15-8-10-17(11-9-15)27(24,25)13-12-26-3/h4-11H,12-14H2,1-3H3,(H,22,23). The number of hydrogen-bond donors (Lipinski definition) is 1. The minimum atomic E-state index is -3.42. The molecule has 0 unspecified atom stereocenters. The van der Waals surface area contributed by atoms with Crippen LogP contribution in [0.4, 0.5) is 0 Å². The number of ether oxygens (including phenoxy) is 1. The van der Waals surface area contributed by atoms with Crippen LogP contribution < -0.4 is 5.32 Å². The largest absolute Gasteiger partial charge is 0.384 e. The molecule has 0 heterocycles. The fourth-order valence-electron chi connectivity index (χ4n) is 2.67. The summed E-state index contributed by atoms with van der Waals surface area (Å²) in [5.74, 6) is -0.368. The van der Waals surface area contributed by atoms with Crippen LogP contribution in [-0.4, -0.2) is 39.3 Å². The Morgan fingerprint density at radius 3 is 2.33 bits per heavy atom. The minimum Gasteiger partial charge on any atom is -0.384 e. The van der Waals surface area contributed by atoms with Gasteiger partial charge in [0, 0.05) is 23.2 Å². The van der Waals surface area contributed by atoms with Crippen molar-refractivity contribution < 1.29 is 17.9 Å². The number of sulfone groups is 1. The Balaban J connectivity index is 2.08. The van der Waals surface area contributed by atoms with Gasteiger partial charge in [0.25, 0.3) is 5.91 Å². The number of rotatable bonds is 8. The van der Waals surface area contributed by atoms with E-state index in [1.807, 2.05) is 38.1 Å². The number of halogens is 1. The molecule has 0 aliphatic heterocycles. The molecule has 0 aliphatic carbocycles. The average molecular weight is 410 g/mol. The predicted octanol–water partition coefficient (Wildman–Crippen LogP) is 3.51. The molecule has 0 saturated heterocycles. The summed E-state index contributed by atoms with van der Waals surface area (Å²) < 4.78 is 29.1. The first-order chi connectivity index (χ1) is 12.6. The van der Waals surface area contributed by atoms with E-state index < -0.39 is 15.4 Å². The molecule has 0 spiro atoms. The molecule has 2 aromatic carbocycles. The van der Waals surface area contributed by atoms with E-state index in [9.17, 15) is 13.2 Å². The Morgan fingerprint density at radius 1 is 1.11 bits per heavy atom. The number of benzene rings is 2. The summed E-state index contributed by atoms with van der Waals surface area (Å²) in [7, 11) is -1.97. The second-order valence-corrected chi connectivity index (χ2v) is 9.46. The summed E-state index contributed by atoms with van der Waals surface area (Å²) in [6.07, 6.45) is 0.571. The molecule has 0 aliphatic rings. The number of hydrogen-bond acceptors (Lipinski definition) is 4. The zero-order valence-corrected chi connectivity index (χ0v) is 17.2. The Kier molecular flexibility index (Phi) is 7.03. The van der Waals surface area contributed by atoms with Gasteiger partial charge in [-0.05, 0) is 56.2 Å². The average Bonchev–Trinajstić information content (AvgIpc) is 2.61. The summed E-state index contributed by atoms with van der Waals surface area (Å²) in [4.78, 5) is 12.7. The summed E-state index contributed by atoms with van der Waals surface area (Å²) in [5.41, 5.74) is 0.822. The van der Waals surface area contributed by atoms with Gasteiger partial charge in [0.15, 0.2) is 9.84 Å². The third kappa shape index (κ3) is 6.06. The molecule has 2 aromatic rings. The Bertz CT molecular complexity index is 892. The van der Waals surface area contributed by atoms with Crippen LogP contribution in [0.2, 0.25) is 5.02 Å². The zero-order valence-electron chi connectivity index (χ0n) is 15.7. The van der Waals surface area contributed by atoms with Crippen LogP contribution in [-0.2, 0) is 21.0 Å². The first kappa shape index (κ1) is 21.4. The molecular formula is C20H24ClNO4S. The van der Waals surface area contributed by atoms with Gasteiger partial charge in [-0.15, -0.1) is 0 Å². The smallest absolute Gasteiger partial charge is 0.251 e. The molecule has 1 amide bonds. The maximum atomic E-state index is 12.6. The van der Waals surface area contributed by atoms with E-state index in [1.165, 1.54) is 31.4 Å². The topological polar surface area (TPSA) is 72.5 Å². The first-order valence-corrected chi connectivity index (χ1v) is 10.6. The van der Waals surface area contributed by atoms with E-state index >= 15 is 0 Å². The number of carbonyl (C=O) groups is 1. The van der Waals surface area contributed by atoms with Crippen molar-refractivity contribution in [2.75, 3.05) is 19.5 Å².